The van der Waals surface area contributed by atoms with Crippen molar-refractivity contribution < 1.29 is 0 Å². The van der Waals surface area contributed by atoms with E-state index in [0.29, 0.717) is 5.92 Å². The van der Waals surface area contributed by atoms with Gasteiger partial charge in [-0.1, -0.05) is 57.7 Å². The number of allylic oxidation sites excluding steroid dienone is 4. The minimum Gasteiger partial charge on any atom is -0.329 e. The molecule has 0 aliphatic rings. The Bertz CT molecular complexity index is 528. The highest BCUT2D eigenvalue weighted by Gasteiger charge is 2.11. The Hall–Kier alpha value is -1.83. The lowest BCUT2D eigenvalue weighted by molar-refractivity contribution is 0.661. The average Bonchev–Trinajstić information content (AvgIpc) is 2.75. The third-order valence-electron chi connectivity index (χ3n) is 3.13. The first-order valence-electron chi connectivity index (χ1n) is 7.80. The first-order valence-corrected chi connectivity index (χ1v) is 7.80. The average molecular weight is 284 g/mol. The van der Waals surface area contributed by atoms with Crippen LogP contribution >= 0.6 is 0 Å². The van der Waals surface area contributed by atoms with Crippen LogP contribution in [0.25, 0.3) is 6.08 Å². The van der Waals surface area contributed by atoms with Crippen molar-refractivity contribution in [3.05, 3.63) is 48.2 Å². The monoisotopic (exact) mass is 284 g/mol. The second-order valence-corrected chi connectivity index (χ2v) is 5.46. The molecule has 1 aromatic rings. The fraction of sp³-hybridized carbons (Fsp3) is 0.421. The normalized spacial score (nSPS) is 12.4. The molecule has 1 rings (SSSR count). The van der Waals surface area contributed by atoms with Gasteiger partial charge in [0.2, 0.25) is 0 Å². The number of hydrogen-bond acceptors (Lipinski definition) is 1. The zero-order valence-electron chi connectivity index (χ0n) is 13.8. The molecular formula is C19H28N2. The highest BCUT2D eigenvalue weighted by molar-refractivity contribution is 5.76. The smallest absolute Gasteiger partial charge is 0.140 e. The molecule has 0 aromatic carbocycles. The van der Waals surface area contributed by atoms with Gasteiger partial charge in [0.15, 0.2) is 0 Å². The number of aromatic nitrogens is 1. The Kier molecular flexibility index (Phi) is 7.52. The molecule has 21 heavy (non-hydrogen) atoms. The Labute approximate surface area is 129 Å². The summed E-state index contributed by atoms with van der Waals surface area (Å²) in [6, 6.07) is 2.25. The van der Waals surface area contributed by atoms with E-state index in [1.807, 2.05) is 6.92 Å². The lowest BCUT2D eigenvalue weighted by atomic mass is 10.1. The van der Waals surface area contributed by atoms with Crippen LogP contribution in [-0.2, 0) is 13.0 Å². The maximum Gasteiger partial charge on any atom is 0.140 e. The van der Waals surface area contributed by atoms with Crippen LogP contribution in [0.3, 0.4) is 0 Å². The fourth-order valence-electron chi connectivity index (χ4n) is 2.29. The van der Waals surface area contributed by atoms with E-state index in [9.17, 15) is 0 Å². The zero-order valence-corrected chi connectivity index (χ0v) is 13.8. The van der Waals surface area contributed by atoms with Crippen molar-refractivity contribution in [3.8, 4) is 0 Å². The van der Waals surface area contributed by atoms with Gasteiger partial charge in [0, 0.05) is 30.4 Å². The van der Waals surface area contributed by atoms with Crippen LogP contribution in [0, 0.1) is 5.92 Å². The highest BCUT2D eigenvalue weighted by atomic mass is 15.1. The van der Waals surface area contributed by atoms with E-state index in [1.165, 1.54) is 11.3 Å². The van der Waals surface area contributed by atoms with E-state index in [2.05, 4.69) is 67.3 Å². The maximum absolute atomic E-state index is 4.57. The van der Waals surface area contributed by atoms with Crippen LogP contribution in [0.1, 0.15) is 45.4 Å². The van der Waals surface area contributed by atoms with Crippen molar-refractivity contribution >= 4 is 18.1 Å². The summed E-state index contributed by atoms with van der Waals surface area (Å²) in [6.45, 7) is 13.3. The van der Waals surface area contributed by atoms with Crippen molar-refractivity contribution in [2.24, 2.45) is 10.9 Å². The zero-order chi connectivity index (χ0) is 15.7. The lowest BCUT2D eigenvalue weighted by Gasteiger charge is -2.09. The van der Waals surface area contributed by atoms with E-state index in [1.54, 1.807) is 12.3 Å². The third kappa shape index (κ3) is 5.22. The summed E-state index contributed by atoms with van der Waals surface area (Å²) in [5.41, 5.74) is 2.50. The molecule has 1 heterocycles. The standard InChI is InChI=1S/C19H28N2/c1-6-10-17-15-18(12-9-11-16(4)5)21(14-8-3)19(17)20-13-7-2/h6-7,9-11,13,15-16H,2,8,12,14H2,1,3-5H3/b10-6+,11-9+,20-13-. The molecule has 1 aromatic heterocycles. The third-order valence-corrected chi connectivity index (χ3v) is 3.13. The summed E-state index contributed by atoms with van der Waals surface area (Å²) in [7, 11) is 0. The topological polar surface area (TPSA) is 17.3 Å². The molecule has 0 amide bonds. The van der Waals surface area contributed by atoms with Gasteiger partial charge < -0.3 is 4.57 Å². The van der Waals surface area contributed by atoms with Crippen LogP contribution in [0.15, 0.2) is 41.9 Å². The maximum atomic E-state index is 4.57. The lowest BCUT2D eigenvalue weighted by Crippen LogP contribution is -2.01. The second-order valence-electron chi connectivity index (χ2n) is 5.46. The number of aliphatic imine (C=N–C) groups is 1. The van der Waals surface area contributed by atoms with Crippen molar-refractivity contribution in [2.45, 2.75) is 47.1 Å². The van der Waals surface area contributed by atoms with Gasteiger partial charge in [-0.2, -0.15) is 0 Å². The van der Waals surface area contributed by atoms with Gasteiger partial charge in [-0.15, -0.1) is 0 Å². The molecule has 0 fully saturated rings. The molecule has 0 saturated heterocycles. The van der Waals surface area contributed by atoms with Gasteiger partial charge in [0.1, 0.15) is 5.82 Å². The van der Waals surface area contributed by atoms with E-state index in [4.69, 9.17) is 0 Å². The molecule has 2 nitrogen and oxygen atoms in total. The van der Waals surface area contributed by atoms with E-state index in [-0.39, 0.29) is 0 Å². The summed E-state index contributed by atoms with van der Waals surface area (Å²) < 4.78 is 2.32. The molecule has 114 valence electrons. The van der Waals surface area contributed by atoms with Gasteiger partial charge in [-0.05, 0) is 25.3 Å². The number of rotatable bonds is 8. The van der Waals surface area contributed by atoms with Crippen molar-refractivity contribution in [1.82, 2.24) is 4.57 Å². The molecule has 0 aliphatic heterocycles. The Morgan fingerprint density at radius 1 is 1.38 bits per heavy atom. The second kappa shape index (κ2) is 9.17. The van der Waals surface area contributed by atoms with Gasteiger partial charge in [0.25, 0.3) is 0 Å². The summed E-state index contributed by atoms with van der Waals surface area (Å²) >= 11 is 0. The minimum atomic E-state index is 0.591. The molecule has 0 unspecified atom stereocenters. The molecule has 0 radical (unpaired) electrons. The predicted molar refractivity (Wildman–Crippen MR) is 95.5 cm³/mol. The van der Waals surface area contributed by atoms with Crippen LogP contribution in [0.4, 0.5) is 5.82 Å². The van der Waals surface area contributed by atoms with Crippen LogP contribution in [-0.4, -0.2) is 10.8 Å². The van der Waals surface area contributed by atoms with E-state index >= 15 is 0 Å². The van der Waals surface area contributed by atoms with Crippen LogP contribution < -0.4 is 0 Å². The Morgan fingerprint density at radius 2 is 2.14 bits per heavy atom. The molecule has 0 N–H and O–H groups in total. The van der Waals surface area contributed by atoms with Gasteiger partial charge in [0.05, 0.1) is 0 Å². The molecule has 0 atom stereocenters. The van der Waals surface area contributed by atoms with Crippen molar-refractivity contribution in [3.63, 3.8) is 0 Å². The highest BCUT2D eigenvalue weighted by Crippen LogP contribution is 2.27. The van der Waals surface area contributed by atoms with Gasteiger partial charge >= 0.3 is 0 Å². The molecule has 0 bridgehead atoms. The fourth-order valence-corrected chi connectivity index (χ4v) is 2.29. The molecule has 0 saturated carbocycles. The first-order chi connectivity index (χ1) is 10.1. The number of nitrogens with zero attached hydrogens (tertiary/aromatic N) is 2. The Morgan fingerprint density at radius 3 is 2.71 bits per heavy atom. The molecule has 2 heteroatoms. The quantitative estimate of drug-likeness (QED) is 0.438. The summed E-state index contributed by atoms with van der Waals surface area (Å²) in [5, 5.41) is 0. The van der Waals surface area contributed by atoms with E-state index in [0.717, 1.165) is 25.2 Å². The Balaban J connectivity index is 3.21. The molecular weight excluding hydrogens is 256 g/mol. The predicted octanol–water partition coefficient (Wildman–Crippen LogP) is 5.57. The first kappa shape index (κ1) is 17.2. The van der Waals surface area contributed by atoms with Crippen molar-refractivity contribution in [1.29, 1.82) is 0 Å². The summed E-state index contributed by atoms with van der Waals surface area (Å²) in [5.74, 6) is 1.62. The van der Waals surface area contributed by atoms with E-state index < -0.39 is 0 Å². The van der Waals surface area contributed by atoms with Crippen LogP contribution in [0.2, 0.25) is 0 Å². The van der Waals surface area contributed by atoms with Gasteiger partial charge in [-0.3, -0.25) is 0 Å². The SMILES string of the molecule is C=C/C=N\c1c(/C=C/C)cc(C/C=C/C(C)C)n1CCC. The molecule has 0 aliphatic carbocycles. The van der Waals surface area contributed by atoms with Crippen molar-refractivity contribution in [2.75, 3.05) is 0 Å². The van der Waals surface area contributed by atoms with Crippen LogP contribution in [0.5, 0.6) is 0 Å². The summed E-state index contributed by atoms with van der Waals surface area (Å²) in [6.07, 6.45) is 14.2. The van der Waals surface area contributed by atoms with Gasteiger partial charge in [-0.25, -0.2) is 4.99 Å². The summed E-state index contributed by atoms with van der Waals surface area (Å²) in [4.78, 5) is 4.57. The largest absolute Gasteiger partial charge is 0.329 e. The molecule has 0 spiro atoms. The number of hydrogen-bond donors (Lipinski definition) is 0. The minimum absolute atomic E-state index is 0.591.